The number of nitrogens with two attached hydrogens (primary N) is 1. The lowest BCUT2D eigenvalue weighted by Gasteiger charge is -2.11. The predicted molar refractivity (Wildman–Crippen MR) is 74.5 cm³/mol. The summed E-state index contributed by atoms with van der Waals surface area (Å²) in [7, 11) is 0. The van der Waals surface area contributed by atoms with Gasteiger partial charge in [-0.15, -0.1) is 0 Å². The molecular formula is C14H11BrN2O. The van der Waals surface area contributed by atoms with E-state index < -0.39 is 0 Å². The van der Waals surface area contributed by atoms with Crippen LogP contribution in [-0.4, -0.2) is 0 Å². The van der Waals surface area contributed by atoms with Crippen LogP contribution in [0.4, 0.5) is 5.69 Å². The molecule has 0 aromatic heterocycles. The molecule has 4 heteroatoms. The second kappa shape index (κ2) is 5.11. The Labute approximate surface area is 114 Å². The zero-order valence-electron chi connectivity index (χ0n) is 9.77. The summed E-state index contributed by atoms with van der Waals surface area (Å²) < 4.78 is 6.74. The highest BCUT2D eigenvalue weighted by Crippen LogP contribution is 2.31. The van der Waals surface area contributed by atoms with Gasteiger partial charge in [0.25, 0.3) is 0 Å². The molecule has 2 aromatic carbocycles. The van der Waals surface area contributed by atoms with E-state index in [4.69, 9.17) is 15.7 Å². The fraction of sp³-hybridized carbons (Fsp3) is 0.0714. The normalized spacial score (nSPS) is 9.83. The van der Waals surface area contributed by atoms with Crippen LogP contribution in [0, 0.1) is 18.3 Å². The average Bonchev–Trinajstić information content (AvgIpc) is 2.34. The molecule has 0 unspecified atom stereocenters. The molecule has 3 nitrogen and oxygen atoms in total. The summed E-state index contributed by atoms with van der Waals surface area (Å²) in [5.41, 5.74) is 7.82. The van der Waals surface area contributed by atoms with Crippen molar-refractivity contribution in [1.82, 2.24) is 0 Å². The van der Waals surface area contributed by atoms with Crippen molar-refractivity contribution in [2.24, 2.45) is 0 Å². The minimum absolute atomic E-state index is 0.455. The molecule has 90 valence electrons. The molecule has 0 atom stereocenters. The van der Waals surface area contributed by atoms with Crippen LogP contribution in [0.25, 0.3) is 0 Å². The number of rotatable bonds is 2. The standard InChI is InChI=1S/C14H11BrN2O/c1-9-6-11(15)3-5-13(9)18-14-4-2-10(8-16)7-12(14)17/h2-7H,17H2,1H3. The third-order valence-corrected chi connectivity index (χ3v) is 2.99. The largest absolute Gasteiger partial charge is 0.455 e. The fourth-order valence-corrected chi connectivity index (χ4v) is 2.03. The lowest BCUT2D eigenvalue weighted by Crippen LogP contribution is -1.94. The van der Waals surface area contributed by atoms with Gasteiger partial charge in [-0.2, -0.15) is 5.26 Å². The van der Waals surface area contributed by atoms with Gasteiger partial charge in [0.05, 0.1) is 17.3 Å². The van der Waals surface area contributed by atoms with Crippen molar-refractivity contribution in [2.45, 2.75) is 6.92 Å². The molecule has 2 N–H and O–H groups in total. The number of hydrogen-bond donors (Lipinski definition) is 1. The first-order valence-corrected chi connectivity index (χ1v) is 6.13. The molecule has 2 rings (SSSR count). The molecule has 0 aliphatic heterocycles. The molecule has 0 aliphatic rings. The van der Waals surface area contributed by atoms with Crippen molar-refractivity contribution < 1.29 is 4.74 Å². The monoisotopic (exact) mass is 302 g/mol. The first-order chi connectivity index (χ1) is 8.60. The number of benzene rings is 2. The van der Waals surface area contributed by atoms with E-state index in [0.717, 1.165) is 15.8 Å². The predicted octanol–water partition coefficient (Wildman–Crippen LogP) is 4.00. The van der Waals surface area contributed by atoms with Crippen molar-refractivity contribution in [3.05, 3.63) is 52.0 Å². The molecule has 0 radical (unpaired) electrons. The SMILES string of the molecule is Cc1cc(Br)ccc1Oc1ccc(C#N)cc1N. The number of aryl methyl sites for hydroxylation is 1. The van der Waals surface area contributed by atoms with E-state index in [-0.39, 0.29) is 0 Å². The average molecular weight is 303 g/mol. The Morgan fingerprint density at radius 1 is 1.17 bits per heavy atom. The Hall–Kier alpha value is -1.99. The maximum Gasteiger partial charge on any atom is 0.150 e. The number of ether oxygens (including phenoxy) is 1. The van der Waals surface area contributed by atoms with Crippen LogP contribution >= 0.6 is 15.9 Å². The molecular weight excluding hydrogens is 292 g/mol. The lowest BCUT2D eigenvalue weighted by atomic mass is 10.2. The molecule has 18 heavy (non-hydrogen) atoms. The van der Waals surface area contributed by atoms with E-state index in [1.807, 2.05) is 31.2 Å². The fourth-order valence-electron chi connectivity index (χ4n) is 1.56. The first kappa shape index (κ1) is 12.5. The third kappa shape index (κ3) is 2.63. The number of nitriles is 1. The Morgan fingerprint density at radius 3 is 2.50 bits per heavy atom. The van der Waals surface area contributed by atoms with Crippen LogP contribution in [0.1, 0.15) is 11.1 Å². The van der Waals surface area contributed by atoms with Crippen molar-refractivity contribution in [1.29, 1.82) is 5.26 Å². The van der Waals surface area contributed by atoms with Crippen LogP contribution in [0.3, 0.4) is 0 Å². The van der Waals surface area contributed by atoms with Crippen molar-refractivity contribution in [3.63, 3.8) is 0 Å². The van der Waals surface area contributed by atoms with Gasteiger partial charge in [0.2, 0.25) is 0 Å². The number of nitrogen functional groups attached to an aromatic ring is 1. The van der Waals surface area contributed by atoms with Gasteiger partial charge >= 0.3 is 0 Å². The van der Waals surface area contributed by atoms with Crippen LogP contribution in [0.2, 0.25) is 0 Å². The van der Waals surface area contributed by atoms with Gasteiger partial charge in [0.1, 0.15) is 11.5 Å². The van der Waals surface area contributed by atoms with Gasteiger partial charge in [-0.3, -0.25) is 0 Å². The van der Waals surface area contributed by atoms with Gasteiger partial charge in [-0.25, -0.2) is 0 Å². The summed E-state index contributed by atoms with van der Waals surface area (Å²) in [4.78, 5) is 0. The maximum absolute atomic E-state index is 8.77. The molecule has 0 spiro atoms. The smallest absolute Gasteiger partial charge is 0.150 e. The Kier molecular flexibility index (Phi) is 3.54. The maximum atomic E-state index is 8.77. The van der Waals surface area contributed by atoms with E-state index >= 15 is 0 Å². The van der Waals surface area contributed by atoms with Crippen LogP contribution < -0.4 is 10.5 Å². The van der Waals surface area contributed by atoms with E-state index in [2.05, 4.69) is 15.9 Å². The zero-order valence-corrected chi connectivity index (χ0v) is 11.4. The summed E-state index contributed by atoms with van der Waals surface area (Å²) in [6.45, 7) is 1.96. The van der Waals surface area contributed by atoms with Gasteiger partial charge in [0, 0.05) is 4.47 Å². The zero-order chi connectivity index (χ0) is 13.1. The Balaban J connectivity index is 2.32. The lowest BCUT2D eigenvalue weighted by molar-refractivity contribution is 0.481. The van der Waals surface area contributed by atoms with E-state index in [0.29, 0.717) is 17.0 Å². The van der Waals surface area contributed by atoms with Gasteiger partial charge in [-0.1, -0.05) is 15.9 Å². The van der Waals surface area contributed by atoms with Gasteiger partial charge < -0.3 is 10.5 Å². The van der Waals surface area contributed by atoms with E-state index in [9.17, 15) is 0 Å². The molecule has 0 amide bonds. The Bertz CT molecular complexity index is 632. The third-order valence-electron chi connectivity index (χ3n) is 2.50. The van der Waals surface area contributed by atoms with Gasteiger partial charge in [0.15, 0.2) is 0 Å². The number of halogens is 1. The molecule has 0 heterocycles. The van der Waals surface area contributed by atoms with Crippen molar-refractivity contribution in [2.75, 3.05) is 5.73 Å². The molecule has 2 aromatic rings. The summed E-state index contributed by atoms with van der Waals surface area (Å²) in [6.07, 6.45) is 0. The highest BCUT2D eigenvalue weighted by atomic mass is 79.9. The first-order valence-electron chi connectivity index (χ1n) is 5.34. The van der Waals surface area contributed by atoms with E-state index in [1.165, 1.54) is 0 Å². The van der Waals surface area contributed by atoms with Crippen molar-refractivity contribution in [3.8, 4) is 17.6 Å². The highest BCUT2D eigenvalue weighted by Gasteiger charge is 2.06. The minimum Gasteiger partial charge on any atom is -0.455 e. The van der Waals surface area contributed by atoms with Crippen molar-refractivity contribution >= 4 is 21.6 Å². The number of hydrogen-bond acceptors (Lipinski definition) is 3. The van der Waals surface area contributed by atoms with Crippen LogP contribution in [0.15, 0.2) is 40.9 Å². The van der Waals surface area contributed by atoms with Crippen LogP contribution in [-0.2, 0) is 0 Å². The molecule has 0 saturated carbocycles. The summed E-state index contributed by atoms with van der Waals surface area (Å²) in [5, 5.41) is 8.77. The molecule has 0 fully saturated rings. The van der Waals surface area contributed by atoms with Crippen LogP contribution in [0.5, 0.6) is 11.5 Å². The summed E-state index contributed by atoms with van der Waals surface area (Å²) in [5.74, 6) is 1.30. The summed E-state index contributed by atoms with van der Waals surface area (Å²) in [6, 6.07) is 12.8. The number of anilines is 1. The topological polar surface area (TPSA) is 59.0 Å². The van der Waals surface area contributed by atoms with E-state index in [1.54, 1.807) is 18.2 Å². The highest BCUT2D eigenvalue weighted by molar-refractivity contribution is 9.10. The minimum atomic E-state index is 0.455. The summed E-state index contributed by atoms with van der Waals surface area (Å²) >= 11 is 3.40. The number of nitrogens with zero attached hydrogens (tertiary/aromatic N) is 1. The molecule has 0 saturated heterocycles. The second-order valence-corrected chi connectivity index (χ2v) is 4.79. The van der Waals surface area contributed by atoms with Gasteiger partial charge in [-0.05, 0) is 48.9 Å². The molecule has 0 bridgehead atoms. The molecule has 0 aliphatic carbocycles. The Morgan fingerprint density at radius 2 is 1.89 bits per heavy atom. The second-order valence-electron chi connectivity index (χ2n) is 3.88. The quantitative estimate of drug-likeness (QED) is 0.853.